The summed E-state index contributed by atoms with van der Waals surface area (Å²) in [4.78, 5) is 6.15. The van der Waals surface area contributed by atoms with Crippen molar-refractivity contribution in [3.63, 3.8) is 0 Å². The van der Waals surface area contributed by atoms with Gasteiger partial charge in [-0.1, -0.05) is 18.2 Å². The first-order valence-electron chi connectivity index (χ1n) is 6.25. The molecule has 0 saturated carbocycles. The third-order valence-electron chi connectivity index (χ3n) is 2.59. The Morgan fingerprint density at radius 1 is 1.32 bits per heavy atom. The zero-order valence-corrected chi connectivity index (χ0v) is 11.5. The van der Waals surface area contributed by atoms with Crippen LogP contribution in [0.1, 0.15) is 12.5 Å². The molecule has 0 aliphatic heterocycles. The molecule has 0 fully saturated rings. The van der Waals surface area contributed by atoms with Gasteiger partial charge < -0.3 is 15.0 Å². The van der Waals surface area contributed by atoms with Crippen LogP contribution in [0.4, 0.5) is 11.9 Å². The van der Waals surface area contributed by atoms with Gasteiger partial charge in [-0.15, -0.1) is 5.10 Å². The fraction of sp³-hybridized carbons (Fsp3) is 0.385. The zero-order chi connectivity index (χ0) is 13.7. The van der Waals surface area contributed by atoms with Crippen LogP contribution < -0.4 is 15.0 Å². The molecule has 2 N–H and O–H groups in total. The van der Waals surface area contributed by atoms with Gasteiger partial charge in [-0.05, 0) is 13.0 Å². The minimum Gasteiger partial charge on any atom is -0.494 e. The first-order chi connectivity index (χ1) is 9.20. The summed E-state index contributed by atoms with van der Waals surface area (Å²) in [5.41, 5.74) is 1.09. The summed E-state index contributed by atoms with van der Waals surface area (Å²) < 4.78 is 5.57. The number of aromatic nitrogens is 3. The monoisotopic (exact) mass is 261 g/mol. The van der Waals surface area contributed by atoms with E-state index in [4.69, 9.17) is 4.74 Å². The number of H-pyrrole nitrogens is 1. The van der Waals surface area contributed by atoms with Crippen LogP contribution in [0, 0.1) is 0 Å². The van der Waals surface area contributed by atoms with Crippen molar-refractivity contribution in [2.24, 2.45) is 0 Å². The van der Waals surface area contributed by atoms with Crippen molar-refractivity contribution in [2.45, 2.75) is 13.5 Å². The Kier molecular flexibility index (Phi) is 4.22. The van der Waals surface area contributed by atoms with Crippen molar-refractivity contribution >= 4 is 11.9 Å². The summed E-state index contributed by atoms with van der Waals surface area (Å²) in [7, 11) is 3.80. The summed E-state index contributed by atoms with van der Waals surface area (Å²) in [6.07, 6.45) is 0. The SMILES string of the molecule is CCOc1ccccc1CNc1nc(N(C)C)n[nH]1. The Balaban J connectivity index is 2.01. The molecule has 0 unspecified atom stereocenters. The molecule has 102 valence electrons. The highest BCUT2D eigenvalue weighted by molar-refractivity contribution is 5.39. The van der Waals surface area contributed by atoms with E-state index in [9.17, 15) is 0 Å². The topological polar surface area (TPSA) is 66.1 Å². The lowest BCUT2D eigenvalue weighted by Gasteiger charge is -2.10. The van der Waals surface area contributed by atoms with E-state index in [0.29, 0.717) is 25.0 Å². The highest BCUT2D eigenvalue weighted by Crippen LogP contribution is 2.19. The van der Waals surface area contributed by atoms with Crippen LogP contribution in [0.2, 0.25) is 0 Å². The summed E-state index contributed by atoms with van der Waals surface area (Å²) in [6.45, 7) is 3.27. The second-order valence-corrected chi connectivity index (χ2v) is 4.27. The average molecular weight is 261 g/mol. The number of hydrogen-bond donors (Lipinski definition) is 2. The van der Waals surface area contributed by atoms with Crippen LogP contribution in [0.5, 0.6) is 5.75 Å². The van der Waals surface area contributed by atoms with E-state index in [2.05, 4.69) is 20.5 Å². The van der Waals surface area contributed by atoms with Crippen molar-refractivity contribution < 1.29 is 4.74 Å². The summed E-state index contributed by atoms with van der Waals surface area (Å²) >= 11 is 0. The van der Waals surface area contributed by atoms with Crippen LogP contribution in [-0.4, -0.2) is 35.9 Å². The molecule has 6 heteroatoms. The molecule has 0 atom stereocenters. The summed E-state index contributed by atoms with van der Waals surface area (Å²) in [6, 6.07) is 7.95. The molecule has 0 saturated heterocycles. The van der Waals surface area contributed by atoms with Crippen LogP contribution in [0.15, 0.2) is 24.3 Å². The lowest BCUT2D eigenvalue weighted by molar-refractivity contribution is 0.337. The molecule has 2 aromatic rings. The molecule has 1 aromatic heterocycles. The first kappa shape index (κ1) is 13.2. The maximum absolute atomic E-state index is 5.57. The predicted octanol–water partition coefficient (Wildman–Crippen LogP) is 1.88. The van der Waals surface area contributed by atoms with Gasteiger partial charge in [0.05, 0.1) is 6.61 Å². The van der Waals surface area contributed by atoms with Crippen molar-refractivity contribution in [1.29, 1.82) is 0 Å². The Morgan fingerprint density at radius 3 is 2.79 bits per heavy atom. The molecule has 2 rings (SSSR count). The highest BCUT2D eigenvalue weighted by Gasteiger charge is 2.06. The maximum Gasteiger partial charge on any atom is 0.245 e. The lowest BCUT2D eigenvalue weighted by Crippen LogP contribution is -2.10. The van der Waals surface area contributed by atoms with Crippen LogP contribution in [0.3, 0.4) is 0 Å². The van der Waals surface area contributed by atoms with Gasteiger partial charge in [0, 0.05) is 26.2 Å². The van der Waals surface area contributed by atoms with Gasteiger partial charge in [-0.2, -0.15) is 4.98 Å². The Morgan fingerprint density at radius 2 is 2.11 bits per heavy atom. The van der Waals surface area contributed by atoms with E-state index in [0.717, 1.165) is 11.3 Å². The van der Waals surface area contributed by atoms with Gasteiger partial charge in [0.1, 0.15) is 5.75 Å². The van der Waals surface area contributed by atoms with Crippen LogP contribution in [0.25, 0.3) is 0 Å². The Hall–Kier alpha value is -2.24. The summed E-state index contributed by atoms with van der Waals surface area (Å²) in [5, 5.41) is 10.1. The van der Waals surface area contributed by atoms with Gasteiger partial charge in [0.2, 0.25) is 11.9 Å². The molecule has 1 aromatic carbocycles. The van der Waals surface area contributed by atoms with Crippen molar-refractivity contribution in [3.05, 3.63) is 29.8 Å². The van der Waals surface area contributed by atoms with E-state index in [1.807, 2.05) is 50.2 Å². The molecule has 6 nitrogen and oxygen atoms in total. The number of rotatable bonds is 6. The fourth-order valence-corrected chi connectivity index (χ4v) is 1.66. The predicted molar refractivity (Wildman–Crippen MR) is 75.6 cm³/mol. The maximum atomic E-state index is 5.57. The molecule has 1 heterocycles. The number of hydrogen-bond acceptors (Lipinski definition) is 5. The number of aromatic amines is 1. The summed E-state index contributed by atoms with van der Waals surface area (Å²) in [5.74, 6) is 2.19. The van der Waals surface area contributed by atoms with Gasteiger partial charge in [-0.25, -0.2) is 5.10 Å². The van der Waals surface area contributed by atoms with E-state index in [-0.39, 0.29) is 0 Å². The van der Waals surface area contributed by atoms with E-state index < -0.39 is 0 Å². The molecular formula is C13H19N5O. The number of ether oxygens (including phenoxy) is 1. The second-order valence-electron chi connectivity index (χ2n) is 4.27. The minimum atomic E-state index is 0.637. The molecule has 0 spiro atoms. The fourth-order valence-electron chi connectivity index (χ4n) is 1.66. The van der Waals surface area contributed by atoms with Crippen molar-refractivity contribution in [1.82, 2.24) is 15.2 Å². The molecule has 0 amide bonds. The Labute approximate surface area is 112 Å². The standard InChI is InChI=1S/C13H19N5O/c1-4-19-11-8-6-5-7-10(11)9-14-12-15-13(17-16-12)18(2)3/h5-8H,4,9H2,1-3H3,(H2,14,15,16,17). The van der Waals surface area contributed by atoms with E-state index in [1.54, 1.807) is 0 Å². The number of anilines is 2. The van der Waals surface area contributed by atoms with Crippen LogP contribution in [-0.2, 0) is 6.54 Å². The van der Waals surface area contributed by atoms with Gasteiger partial charge in [-0.3, -0.25) is 0 Å². The first-order valence-corrected chi connectivity index (χ1v) is 6.25. The van der Waals surface area contributed by atoms with E-state index in [1.165, 1.54) is 0 Å². The Bertz CT molecular complexity index is 523. The van der Waals surface area contributed by atoms with Gasteiger partial charge >= 0.3 is 0 Å². The lowest BCUT2D eigenvalue weighted by atomic mass is 10.2. The number of nitrogens with zero attached hydrogens (tertiary/aromatic N) is 3. The zero-order valence-electron chi connectivity index (χ0n) is 11.5. The van der Waals surface area contributed by atoms with E-state index >= 15 is 0 Å². The van der Waals surface area contributed by atoms with Gasteiger partial charge in [0.15, 0.2) is 0 Å². The molecule has 0 aliphatic rings. The van der Waals surface area contributed by atoms with Crippen LogP contribution >= 0.6 is 0 Å². The number of para-hydroxylation sites is 1. The molecule has 0 radical (unpaired) electrons. The smallest absolute Gasteiger partial charge is 0.245 e. The highest BCUT2D eigenvalue weighted by atomic mass is 16.5. The normalized spacial score (nSPS) is 10.3. The molecule has 0 bridgehead atoms. The third kappa shape index (κ3) is 3.37. The number of benzene rings is 1. The molecule has 19 heavy (non-hydrogen) atoms. The average Bonchev–Trinajstić information content (AvgIpc) is 2.87. The number of nitrogens with one attached hydrogen (secondary N) is 2. The minimum absolute atomic E-state index is 0.637. The van der Waals surface area contributed by atoms with Crippen molar-refractivity contribution in [2.75, 3.05) is 30.9 Å². The largest absolute Gasteiger partial charge is 0.494 e. The van der Waals surface area contributed by atoms with Crippen molar-refractivity contribution in [3.8, 4) is 5.75 Å². The second kappa shape index (κ2) is 6.08. The molecular weight excluding hydrogens is 242 g/mol. The third-order valence-corrected chi connectivity index (χ3v) is 2.59. The van der Waals surface area contributed by atoms with Gasteiger partial charge in [0.25, 0.3) is 0 Å². The molecule has 0 aliphatic carbocycles. The quantitative estimate of drug-likeness (QED) is 0.831.